The maximum absolute atomic E-state index is 12.0. The van der Waals surface area contributed by atoms with E-state index in [9.17, 15) is 19.8 Å². The summed E-state index contributed by atoms with van der Waals surface area (Å²) < 4.78 is 0. The van der Waals surface area contributed by atoms with E-state index >= 15 is 0 Å². The van der Waals surface area contributed by atoms with Gasteiger partial charge in [-0.3, -0.25) is 9.59 Å². The first-order valence-electron chi connectivity index (χ1n) is 8.76. The molecule has 1 unspecified atom stereocenters. The third-order valence-corrected chi connectivity index (χ3v) is 4.56. The molecule has 0 fully saturated rings. The van der Waals surface area contributed by atoms with Gasteiger partial charge in [0.25, 0.3) is 10.9 Å². The van der Waals surface area contributed by atoms with Crippen LogP contribution >= 0.6 is 0 Å². The summed E-state index contributed by atoms with van der Waals surface area (Å²) >= 11 is 0. The Bertz CT molecular complexity index is 1050. The molecule has 0 aliphatic rings. The third-order valence-electron chi connectivity index (χ3n) is 4.56. The quantitative estimate of drug-likeness (QED) is 0.392. The van der Waals surface area contributed by atoms with Gasteiger partial charge in [0, 0.05) is 11.7 Å². The van der Waals surface area contributed by atoms with E-state index in [0.29, 0.717) is 5.69 Å². The third kappa shape index (κ3) is 3.65. The molecule has 0 heterocycles. The number of anilines is 3. The Labute approximate surface area is 156 Å². The van der Waals surface area contributed by atoms with Crippen LogP contribution < -0.4 is 21.5 Å². The molecule has 0 aliphatic carbocycles. The Kier molecular flexibility index (Phi) is 4.90. The molecular formula is C21H22N2O4. The lowest BCUT2D eigenvalue weighted by molar-refractivity contribution is 0.465. The lowest BCUT2D eigenvalue weighted by atomic mass is 10.0. The van der Waals surface area contributed by atoms with E-state index in [-0.39, 0.29) is 34.8 Å². The summed E-state index contributed by atoms with van der Waals surface area (Å²) in [5.41, 5.74) is 1.42. The average Bonchev–Trinajstić information content (AvgIpc) is 2.65. The SMILES string of the molecule is CC(C)c1cc(Nc2c(NC(C)c3cccc(O)c3)c(=O)c2=O)ccc1O. The van der Waals surface area contributed by atoms with Crippen molar-refractivity contribution in [1.82, 2.24) is 0 Å². The first-order valence-corrected chi connectivity index (χ1v) is 8.76. The first kappa shape index (κ1) is 18.5. The normalized spacial score (nSPS) is 12.3. The molecular weight excluding hydrogens is 344 g/mol. The second-order valence-corrected chi connectivity index (χ2v) is 6.92. The summed E-state index contributed by atoms with van der Waals surface area (Å²) in [6.07, 6.45) is 0. The molecule has 1 atom stereocenters. The van der Waals surface area contributed by atoms with Crippen LogP contribution in [0.1, 0.15) is 43.9 Å². The van der Waals surface area contributed by atoms with E-state index in [4.69, 9.17) is 0 Å². The molecule has 0 bridgehead atoms. The van der Waals surface area contributed by atoms with Gasteiger partial charge in [0.1, 0.15) is 22.9 Å². The highest BCUT2D eigenvalue weighted by Gasteiger charge is 2.23. The highest BCUT2D eigenvalue weighted by molar-refractivity contribution is 5.79. The fraction of sp³-hybridized carbons (Fsp3) is 0.238. The number of rotatable bonds is 6. The predicted molar refractivity (Wildman–Crippen MR) is 107 cm³/mol. The maximum Gasteiger partial charge on any atom is 0.253 e. The number of phenols is 2. The van der Waals surface area contributed by atoms with Gasteiger partial charge in [0.05, 0.1) is 0 Å². The maximum atomic E-state index is 12.0. The number of benzene rings is 2. The molecule has 140 valence electrons. The van der Waals surface area contributed by atoms with Gasteiger partial charge in [-0.05, 0) is 54.3 Å². The van der Waals surface area contributed by atoms with Crippen LogP contribution in [-0.2, 0) is 0 Å². The van der Waals surface area contributed by atoms with Crippen molar-refractivity contribution in [3.05, 3.63) is 74.0 Å². The molecule has 0 radical (unpaired) electrons. The van der Waals surface area contributed by atoms with Crippen molar-refractivity contribution < 1.29 is 10.2 Å². The molecule has 0 saturated carbocycles. The zero-order valence-electron chi connectivity index (χ0n) is 15.4. The minimum absolute atomic E-state index is 0.114. The Hall–Kier alpha value is -3.28. The van der Waals surface area contributed by atoms with Crippen molar-refractivity contribution in [2.45, 2.75) is 32.7 Å². The number of hydrogen-bond acceptors (Lipinski definition) is 6. The van der Waals surface area contributed by atoms with E-state index in [1.165, 1.54) is 0 Å². The predicted octanol–water partition coefficient (Wildman–Crippen LogP) is 3.73. The van der Waals surface area contributed by atoms with Crippen LogP contribution in [-0.4, -0.2) is 10.2 Å². The fourth-order valence-electron chi connectivity index (χ4n) is 2.98. The second kappa shape index (κ2) is 7.15. The fourth-order valence-corrected chi connectivity index (χ4v) is 2.98. The smallest absolute Gasteiger partial charge is 0.253 e. The van der Waals surface area contributed by atoms with Crippen molar-refractivity contribution >= 4 is 17.1 Å². The van der Waals surface area contributed by atoms with Gasteiger partial charge in [-0.1, -0.05) is 26.0 Å². The molecule has 0 amide bonds. The first-order chi connectivity index (χ1) is 12.8. The van der Waals surface area contributed by atoms with Crippen LogP contribution in [0.2, 0.25) is 0 Å². The Morgan fingerprint density at radius 3 is 2.26 bits per heavy atom. The highest BCUT2D eigenvalue weighted by Crippen LogP contribution is 2.31. The Morgan fingerprint density at radius 2 is 1.59 bits per heavy atom. The lowest BCUT2D eigenvalue weighted by Crippen LogP contribution is -2.37. The molecule has 0 saturated heterocycles. The van der Waals surface area contributed by atoms with E-state index in [2.05, 4.69) is 10.6 Å². The second-order valence-electron chi connectivity index (χ2n) is 6.92. The van der Waals surface area contributed by atoms with Crippen LogP contribution in [0.3, 0.4) is 0 Å². The monoisotopic (exact) mass is 366 g/mol. The topological polar surface area (TPSA) is 98.7 Å². The van der Waals surface area contributed by atoms with Crippen LogP contribution in [0.15, 0.2) is 52.1 Å². The Balaban J connectivity index is 1.85. The van der Waals surface area contributed by atoms with Crippen molar-refractivity contribution in [3.8, 4) is 11.5 Å². The van der Waals surface area contributed by atoms with Crippen molar-refractivity contribution in [2.24, 2.45) is 0 Å². The lowest BCUT2D eigenvalue weighted by Gasteiger charge is -2.20. The van der Waals surface area contributed by atoms with Gasteiger partial charge >= 0.3 is 0 Å². The summed E-state index contributed by atoms with van der Waals surface area (Å²) in [7, 11) is 0. The largest absolute Gasteiger partial charge is 0.508 e. The number of hydrogen-bond donors (Lipinski definition) is 4. The van der Waals surface area contributed by atoms with Gasteiger partial charge in [-0.25, -0.2) is 0 Å². The molecule has 6 nitrogen and oxygen atoms in total. The van der Waals surface area contributed by atoms with Gasteiger partial charge in [0.2, 0.25) is 0 Å². The molecule has 3 aromatic carbocycles. The number of nitrogens with one attached hydrogen (secondary N) is 2. The molecule has 3 rings (SSSR count). The summed E-state index contributed by atoms with van der Waals surface area (Å²) in [4.78, 5) is 24.1. The average molecular weight is 366 g/mol. The minimum Gasteiger partial charge on any atom is -0.508 e. The number of aromatic hydroxyl groups is 2. The molecule has 4 N–H and O–H groups in total. The van der Waals surface area contributed by atoms with Crippen molar-refractivity contribution in [2.75, 3.05) is 10.6 Å². The summed E-state index contributed by atoms with van der Waals surface area (Å²) in [5, 5.41) is 25.6. The van der Waals surface area contributed by atoms with E-state index in [1.807, 2.05) is 26.8 Å². The zero-order valence-corrected chi connectivity index (χ0v) is 15.4. The van der Waals surface area contributed by atoms with Crippen molar-refractivity contribution in [1.29, 1.82) is 0 Å². The minimum atomic E-state index is -0.584. The van der Waals surface area contributed by atoms with Crippen LogP contribution in [0, 0.1) is 0 Å². The van der Waals surface area contributed by atoms with Crippen molar-refractivity contribution in [3.63, 3.8) is 0 Å². The molecule has 6 heteroatoms. The van der Waals surface area contributed by atoms with Gasteiger partial charge in [0.15, 0.2) is 0 Å². The molecule has 0 aromatic heterocycles. The van der Waals surface area contributed by atoms with Crippen LogP contribution in [0.25, 0.3) is 0 Å². The summed E-state index contributed by atoms with van der Waals surface area (Å²) in [5.74, 6) is 0.439. The zero-order chi connectivity index (χ0) is 19.7. The van der Waals surface area contributed by atoms with E-state index < -0.39 is 10.9 Å². The summed E-state index contributed by atoms with van der Waals surface area (Å²) in [6.45, 7) is 5.76. The Morgan fingerprint density at radius 1 is 0.889 bits per heavy atom. The van der Waals surface area contributed by atoms with Gasteiger partial charge in [-0.15, -0.1) is 0 Å². The molecule has 27 heavy (non-hydrogen) atoms. The van der Waals surface area contributed by atoms with Gasteiger partial charge < -0.3 is 20.8 Å². The molecule has 0 spiro atoms. The van der Waals surface area contributed by atoms with Crippen LogP contribution in [0.4, 0.5) is 17.1 Å². The number of phenolic OH excluding ortho intramolecular Hbond substituents is 2. The van der Waals surface area contributed by atoms with E-state index in [1.54, 1.807) is 36.4 Å². The standard InChI is InChI=1S/C21H22N2O4/c1-11(2)16-10-14(7-8-17(16)25)23-19-18(20(26)21(19)27)22-12(3)13-5-4-6-15(24)9-13/h4-12,22-25H,1-3H3. The molecule has 3 aromatic rings. The van der Waals surface area contributed by atoms with Gasteiger partial charge in [-0.2, -0.15) is 0 Å². The van der Waals surface area contributed by atoms with Crippen LogP contribution in [0.5, 0.6) is 11.5 Å². The van der Waals surface area contributed by atoms with E-state index in [0.717, 1.165) is 11.1 Å². The summed E-state index contributed by atoms with van der Waals surface area (Å²) in [6, 6.07) is 11.4. The molecule has 0 aliphatic heterocycles. The highest BCUT2D eigenvalue weighted by atomic mass is 16.3.